The molecular weight excluding hydrogens is 174 g/mol. The first-order valence-electron chi connectivity index (χ1n) is 5.16. The molecule has 2 N–H and O–H groups in total. The number of aryl methyl sites for hydroxylation is 1. The Morgan fingerprint density at radius 3 is 2.64 bits per heavy atom. The number of nitrogens with two attached hydrogens (primary N) is 1. The molecule has 80 valence electrons. The summed E-state index contributed by atoms with van der Waals surface area (Å²) in [6.45, 7) is 9.73. The summed E-state index contributed by atoms with van der Waals surface area (Å²) in [5.41, 5.74) is 7.32. The molecule has 1 heterocycles. The smallest absolute Gasteiger partial charge is 0.0948 e. The van der Waals surface area contributed by atoms with Gasteiger partial charge in [-0.05, 0) is 18.8 Å². The van der Waals surface area contributed by atoms with E-state index in [9.17, 15) is 0 Å². The van der Waals surface area contributed by atoms with E-state index in [1.807, 2.05) is 19.4 Å². The van der Waals surface area contributed by atoms with Gasteiger partial charge in [-0.25, -0.2) is 4.98 Å². The molecule has 0 aliphatic rings. The Kier molecular flexibility index (Phi) is 3.32. The first-order chi connectivity index (χ1) is 6.40. The van der Waals surface area contributed by atoms with Gasteiger partial charge in [-0.3, -0.25) is 0 Å². The molecule has 0 aliphatic carbocycles. The summed E-state index contributed by atoms with van der Waals surface area (Å²) in [5.74, 6) is 0. The van der Waals surface area contributed by atoms with Crippen molar-refractivity contribution in [3.63, 3.8) is 0 Å². The molecule has 1 aromatic rings. The van der Waals surface area contributed by atoms with Gasteiger partial charge >= 0.3 is 0 Å². The fourth-order valence-electron chi connectivity index (χ4n) is 1.35. The lowest BCUT2D eigenvalue weighted by Gasteiger charge is -2.19. The molecule has 0 saturated carbocycles. The Hall–Kier alpha value is -0.830. The van der Waals surface area contributed by atoms with Crippen molar-refractivity contribution < 1.29 is 0 Å². The molecule has 3 heteroatoms. The average Bonchev–Trinajstić information content (AvgIpc) is 2.46. The Morgan fingerprint density at radius 2 is 2.14 bits per heavy atom. The number of hydrogen-bond donors (Lipinski definition) is 1. The topological polar surface area (TPSA) is 43.8 Å². The molecule has 0 radical (unpaired) electrons. The van der Waals surface area contributed by atoms with Crippen molar-refractivity contribution in [2.45, 2.75) is 46.7 Å². The molecule has 0 amide bonds. The van der Waals surface area contributed by atoms with Crippen molar-refractivity contribution in [2.24, 2.45) is 11.1 Å². The van der Waals surface area contributed by atoms with Crippen LogP contribution in [0.4, 0.5) is 0 Å². The molecule has 0 aliphatic heterocycles. The molecule has 14 heavy (non-hydrogen) atoms. The molecule has 1 aromatic heterocycles. The van der Waals surface area contributed by atoms with Crippen LogP contribution >= 0.6 is 0 Å². The highest BCUT2D eigenvalue weighted by atomic mass is 15.1. The quantitative estimate of drug-likeness (QED) is 0.804. The third-order valence-corrected chi connectivity index (χ3v) is 2.31. The third-order valence-electron chi connectivity index (χ3n) is 2.31. The SMILES string of the molecule is C[C@H](N)c1cncn1CCC(C)(C)C. The van der Waals surface area contributed by atoms with Gasteiger partial charge in [0.1, 0.15) is 0 Å². The minimum absolute atomic E-state index is 0.0671. The number of imidazole rings is 1. The van der Waals surface area contributed by atoms with E-state index >= 15 is 0 Å². The predicted molar refractivity (Wildman–Crippen MR) is 58.9 cm³/mol. The van der Waals surface area contributed by atoms with E-state index in [0.717, 1.165) is 18.7 Å². The monoisotopic (exact) mass is 195 g/mol. The van der Waals surface area contributed by atoms with E-state index in [2.05, 4.69) is 30.3 Å². The average molecular weight is 195 g/mol. The van der Waals surface area contributed by atoms with Gasteiger partial charge in [0.2, 0.25) is 0 Å². The highest BCUT2D eigenvalue weighted by molar-refractivity contribution is 5.03. The molecular formula is C11H21N3. The van der Waals surface area contributed by atoms with Crippen LogP contribution in [0.15, 0.2) is 12.5 Å². The molecule has 0 bridgehead atoms. The molecule has 1 atom stereocenters. The van der Waals surface area contributed by atoms with Crippen LogP contribution in [0, 0.1) is 5.41 Å². The fourth-order valence-corrected chi connectivity index (χ4v) is 1.35. The first kappa shape index (κ1) is 11.2. The van der Waals surface area contributed by atoms with Gasteiger partial charge in [-0.15, -0.1) is 0 Å². The third kappa shape index (κ3) is 3.14. The molecule has 0 saturated heterocycles. The van der Waals surface area contributed by atoms with Gasteiger partial charge in [-0.2, -0.15) is 0 Å². The zero-order valence-electron chi connectivity index (χ0n) is 9.62. The zero-order valence-corrected chi connectivity index (χ0v) is 9.62. The minimum atomic E-state index is 0.0671. The summed E-state index contributed by atoms with van der Waals surface area (Å²) in [4.78, 5) is 4.13. The second-order valence-electron chi connectivity index (χ2n) is 5.11. The summed E-state index contributed by atoms with van der Waals surface area (Å²) in [6.07, 6.45) is 4.86. The summed E-state index contributed by atoms with van der Waals surface area (Å²) in [6, 6.07) is 0.0671. The van der Waals surface area contributed by atoms with E-state index in [-0.39, 0.29) is 6.04 Å². The van der Waals surface area contributed by atoms with Crippen molar-refractivity contribution in [2.75, 3.05) is 0 Å². The lowest BCUT2D eigenvalue weighted by Crippen LogP contribution is -2.15. The zero-order chi connectivity index (χ0) is 10.8. The maximum Gasteiger partial charge on any atom is 0.0948 e. The van der Waals surface area contributed by atoms with Crippen molar-refractivity contribution >= 4 is 0 Å². The number of aromatic nitrogens is 2. The van der Waals surface area contributed by atoms with Gasteiger partial charge in [-0.1, -0.05) is 20.8 Å². The van der Waals surface area contributed by atoms with Crippen molar-refractivity contribution in [3.8, 4) is 0 Å². The summed E-state index contributed by atoms with van der Waals surface area (Å²) in [5, 5.41) is 0. The van der Waals surface area contributed by atoms with Crippen LogP contribution < -0.4 is 5.73 Å². The minimum Gasteiger partial charge on any atom is -0.333 e. The van der Waals surface area contributed by atoms with Crippen LogP contribution in [0.5, 0.6) is 0 Å². The molecule has 0 unspecified atom stereocenters. The Labute approximate surface area is 86.3 Å². The highest BCUT2D eigenvalue weighted by Crippen LogP contribution is 2.20. The standard InChI is InChI=1S/C11H21N3/c1-9(12)10-7-13-8-14(10)6-5-11(2,3)4/h7-9H,5-6,12H2,1-4H3/t9-/m0/s1. The van der Waals surface area contributed by atoms with Crippen molar-refractivity contribution in [3.05, 3.63) is 18.2 Å². The second-order valence-corrected chi connectivity index (χ2v) is 5.11. The lowest BCUT2D eigenvalue weighted by atomic mass is 9.92. The van der Waals surface area contributed by atoms with E-state index in [4.69, 9.17) is 5.73 Å². The van der Waals surface area contributed by atoms with E-state index in [0.29, 0.717) is 5.41 Å². The van der Waals surface area contributed by atoms with Gasteiger partial charge in [0, 0.05) is 18.8 Å². The van der Waals surface area contributed by atoms with Gasteiger partial charge in [0.15, 0.2) is 0 Å². The van der Waals surface area contributed by atoms with Crippen molar-refractivity contribution in [1.82, 2.24) is 9.55 Å². The first-order valence-corrected chi connectivity index (χ1v) is 5.16. The molecule has 3 nitrogen and oxygen atoms in total. The summed E-state index contributed by atoms with van der Waals surface area (Å²) < 4.78 is 2.15. The van der Waals surface area contributed by atoms with Crippen LogP contribution in [0.25, 0.3) is 0 Å². The van der Waals surface area contributed by atoms with E-state index in [1.165, 1.54) is 0 Å². The van der Waals surface area contributed by atoms with E-state index < -0.39 is 0 Å². The lowest BCUT2D eigenvalue weighted by molar-refractivity contribution is 0.346. The largest absolute Gasteiger partial charge is 0.333 e. The Bertz CT molecular complexity index is 281. The van der Waals surface area contributed by atoms with Crippen molar-refractivity contribution in [1.29, 1.82) is 0 Å². The molecule has 0 fully saturated rings. The van der Waals surface area contributed by atoms with Crippen LogP contribution in [0.2, 0.25) is 0 Å². The van der Waals surface area contributed by atoms with Gasteiger partial charge in [0.05, 0.1) is 12.0 Å². The maximum absolute atomic E-state index is 5.84. The second kappa shape index (κ2) is 4.13. The molecule has 0 aromatic carbocycles. The predicted octanol–water partition coefficient (Wildman–Crippen LogP) is 2.34. The van der Waals surface area contributed by atoms with Crippen LogP contribution in [-0.2, 0) is 6.54 Å². The van der Waals surface area contributed by atoms with E-state index in [1.54, 1.807) is 0 Å². The number of rotatable bonds is 3. The number of hydrogen-bond acceptors (Lipinski definition) is 2. The van der Waals surface area contributed by atoms with Crippen LogP contribution in [0.3, 0.4) is 0 Å². The van der Waals surface area contributed by atoms with Gasteiger partial charge < -0.3 is 10.3 Å². The molecule has 0 spiro atoms. The normalized spacial score (nSPS) is 14.4. The number of nitrogens with zero attached hydrogens (tertiary/aromatic N) is 2. The van der Waals surface area contributed by atoms with Crippen LogP contribution in [-0.4, -0.2) is 9.55 Å². The maximum atomic E-state index is 5.84. The van der Waals surface area contributed by atoms with Crippen LogP contribution in [0.1, 0.15) is 45.9 Å². The molecule has 1 rings (SSSR count). The fraction of sp³-hybridized carbons (Fsp3) is 0.727. The highest BCUT2D eigenvalue weighted by Gasteiger charge is 2.12. The Balaban J connectivity index is 2.63. The summed E-state index contributed by atoms with van der Waals surface area (Å²) in [7, 11) is 0. The Morgan fingerprint density at radius 1 is 1.50 bits per heavy atom. The summed E-state index contributed by atoms with van der Waals surface area (Å²) >= 11 is 0. The van der Waals surface area contributed by atoms with Gasteiger partial charge in [0.25, 0.3) is 0 Å².